The zero-order chi connectivity index (χ0) is 25.2. The van der Waals surface area contributed by atoms with Gasteiger partial charge in [-0.25, -0.2) is 0 Å². The smallest absolute Gasteiger partial charge is 0.313 e. The highest BCUT2D eigenvalue weighted by molar-refractivity contribution is 7.99. The van der Waals surface area contributed by atoms with E-state index >= 15 is 0 Å². The van der Waals surface area contributed by atoms with Crippen LogP contribution in [0, 0.1) is 0 Å². The fourth-order valence-electron chi connectivity index (χ4n) is 2.96. The van der Waals surface area contributed by atoms with Crippen LogP contribution in [0.4, 0.5) is 17.6 Å². The molecule has 0 aliphatic carbocycles. The molecule has 0 radical (unpaired) electrons. The van der Waals surface area contributed by atoms with Gasteiger partial charge in [0.2, 0.25) is 0 Å². The van der Waals surface area contributed by atoms with Gasteiger partial charge in [-0.3, -0.25) is 0 Å². The highest BCUT2D eigenvalue weighted by Gasteiger charge is 2.57. The van der Waals surface area contributed by atoms with Crippen LogP contribution in [0.25, 0.3) is 0 Å². The van der Waals surface area contributed by atoms with E-state index in [4.69, 9.17) is 32.7 Å². The molecule has 0 amide bonds. The number of benzene rings is 2. The number of alkyl halides is 4. The standard InChI is InChI=1S/C24H28Cl2F4O2S2/c1-3-31-21(33-15-17-5-9-19(25)10-6-17)13-23(27,28)24(29,30)14-22(32-4-2)34-16-18-7-11-20(26)12-8-18/h5-12,21-22H,3-4,13-16H2,1-2H3. The van der Waals surface area contributed by atoms with Crippen molar-refractivity contribution in [1.82, 2.24) is 0 Å². The highest BCUT2D eigenvalue weighted by Crippen LogP contribution is 2.45. The van der Waals surface area contributed by atoms with E-state index in [-0.39, 0.29) is 13.2 Å². The lowest BCUT2D eigenvalue weighted by Crippen LogP contribution is -2.45. The van der Waals surface area contributed by atoms with Crippen molar-refractivity contribution in [2.45, 2.75) is 60.9 Å². The van der Waals surface area contributed by atoms with Gasteiger partial charge in [-0.05, 0) is 49.2 Å². The third-order valence-corrected chi connectivity index (χ3v) is 7.64. The summed E-state index contributed by atoms with van der Waals surface area (Å²) in [5.41, 5.74) is -0.504. The van der Waals surface area contributed by atoms with E-state index in [1.807, 2.05) is 0 Å². The van der Waals surface area contributed by atoms with E-state index in [1.165, 1.54) is 0 Å². The summed E-state index contributed by atoms with van der Waals surface area (Å²) >= 11 is 13.8. The summed E-state index contributed by atoms with van der Waals surface area (Å²) in [5, 5.41) is 1.11. The minimum absolute atomic E-state index is 0.137. The van der Waals surface area contributed by atoms with Crippen LogP contribution < -0.4 is 0 Å². The molecule has 0 spiro atoms. The van der Waals surface area contributed by atoms with E-state index in [9.17, 15) is 17.6 Å². The molecule has 0 saturated carbocycles. The summed E-state index contributed by atoms with van der Waals surface area (Å²) in [7, 11) is 0. The normalized spacial score (nSPS) is 14.2. The maximum absolute atomic E-state index is 14.8. The number of rotatable bonds is 15. The predicted molar refractivity (Wildman–Crippen MR) is 135 cm³/mol. The van der Waals surface area contributed by atoms with Gasteiger partial charge in [-0.15, -0.1) is 23.5 Å². The molecular weight excluding hydrogens is 531 g/mol. The molecule has 0 bridgehead atoms. The molecule has 2 unspecified atom stereocenters. The van der Waals surface area contributed by atoms with E-state index in [0.29, 0.717) is 21.6 Å². The third kappa shape index (κ3) is 9.78. The fourth-order valence-corrected chi connectivity index (χ4v) is 5.47. The van der Waals surface area contributed by atoms with E-state index in [1.54, 1.807) is 62.4 Å². The Morgan fingerprint density at radius 3 is 1.29 bits per heavy atom. The molecule has 0 fully saturated rings. The number of halogens is 6. The number of thioether (sulfide) groups is 2. The van der Waals surface area contributed by atoms with Crippen molar-refractivity contribution in [3.05, 3.63) is 69.7 Å². The zero-order valence-electron chi connectivity index (χ0n) is 18.9. The summed E-state index contributed by atoms with van der Waals surface area (Å²) < 4.78 is 70.0. The monoisotopic (exact) mass is 558 g/mol. The second-order valence-electron chi connectivity index (χ2n) is 7.46. The van der Waals surface area contributed by atoms with Gasteiger partial charge in [0.05, 0.1) is 12.8 Å². The third-order valence-electron chi connectivity index (χ3n) is 4.78. The first-order valence-corrected chi connectivity index (χ1v) is 13.6. The van der Waals surface area contributed by atoms with Crippen LogP contribution >= 0.6 is 46.7 Å². The van der Waals surface area contributed by atoms with Crippen molar-refractivity contribution < 1.29 is 27.0 Å². The summed E-state index contributed by atoms with van der Waals surface area (Å²) in [6.07, 6.45) is -2.21. The molecular formula is C24H28Cl2F4O2S2. The van der Waals surface area contributed by atoms with Gasteiger partial charge in [0.1, 0.15) is 10.9 Å². The van der Waals surface area contributed by atoms with Crippen molar-refractivity contribution in [3.63, 3.8) is 0 Å². The molecule has 2 rings (SSSR count). The number of hydrogen-bond donors (Lipinski definition) is 0. The number of ether oxygens (including phenoxy) is 2. The Balaban J connectivity index is 2.00. The lowest BCUT2D eigenvalue weighted by molar-refractivity contribution is -0.227. The highest BCUT2D eigenvalue weighted by atomic mass is 35.5. The van der Waals surface area contributed by atoms with Crippen molar-refractivity contribution in [2.24, 2.45) is 0 Å². The number of hydrogen-bond acceptors (Lipinski definition) is 4. The Labute approximate surface area is 217 Å². The van der Waals surface area contributed by atoms with Gasteiger partial charge in [0.25, 0.3) is 0 Å². The van der Waals surface area contributed by atoms with Gasteiger partial charge < -0.3 is 9.47 Å². The zero-order valence-corrected chi connectivity index (χ0v) is 22.1. The van der Waals surface area contributed by atoms with Crippen LogP contribution in [0.2, 0.25) is 10.0 Å². The Bertz CT molecular complexity index is 784. The van der Waals surface area contributed by atoms with Crippen molar-refractivity contribution >= 4 is 46.7 Å². The topological polar surface area (TPSA) is 18.5 Å². The first-order chi connectivity index (χ1) is 16.1. The average molecular weight is 560 g/mol. The molecule has 2 aromatic carbocycles. The molecule has 190 valence electrons. The van der Waals surface area contributed by atoms with Gasteiger partial charge in [-0.1, -0.05) is 47.5 Å². The van der Waals surface area contributed by atoms with E-state index in [2.05, 4.69) is 0 Å². The molecule has 34 heavy (non-hydrogen) atoms. The van der Waals surface area contributed by atoms with Crippen LogP contribution in [-0.4, -0.2) is 35.9 Å². The Morgan fingerprint density at radius 2 is 1.00 bits per heavy atom. The second-order valence-corrected chi connectivity index (χ2v) is 10.6. The maximum Gasteiger partial charge on any atom is 0.313 e. The molecule has 2 nitrogen and oxygen atoms in total. The molecule has 2 aromatic rings. The Hall–Kier alpha value is -0.640. The average Bonchev–Trinajstić information content (AvgIpc) is 2.78. The molecule has 0 heterocycles. The molecule has 10 heteroatoms. The molecule has 0 saturated heterocycles. The van der Waals surface area contributed by atoms with Crippen LogP contribution in [0.5, 0.6) is 0 Å². The van der Waals surface area contributed by atoms with Gasteiger partial charge in [-0.2, -0.15) is 17.6 Å². The SMILES string of the molecule is CCOC(CC(F)(F)C(F)(F)CC(OCC)SCc1ccc(Cl)cc1)SCc1ccc(Cl)cc1. The predicted octanol–water partition coefficient (Wildman–Crippen LogP) is 8.94. The van der Waals surface area contributed by atoms with E-state index in [0.717, 1.165) is 34.7 Å². The molecule has 0 N–H and O–H groups in total. The van der Waals surface area contributed by atoms with Gasteiger partial charge >= 0.3 is 11.8 Å². The maximum atomic E-state index is 14.8. The summed E-state index contributed by atoms with van der Waals surface area (Å²) in [6.45, 7) is 3.56. The molecule has 0 aliphatic rings. The second kappa shape index (κ2) is 14.2. The molecule has 0 aromatic heterocycles. The molecule has 2 atom stereocenters. The largest absolute Gasteiger partial charge is 0.368 e. The van der Waals surface area contributed by atoms with Gasteiger partial charge in [0, 0.05) is 34.8 Å². The first-order valence-electron chi connectivity index (χ1n) is 10.8. The van der Waals surface area contributed by atoms with Crippen LogP contribution in [-0.2, 0) is 21.0 Å². The minimum Gasteiger partial charge on any atom is -0.368 e. The first kappa shape index (κ1) is 29.6. The van der Waals surface area contributed by atoms with E-state index < -0.39 is 35.6 Å². The van der Waals surface area contributed by atoms with Crippen molar-refractivity contribution in [1.29, 1.82) is 0 Å². The quantitative estimate of drug-likeness (QED) is 0.160. The lowest BCUT2D eigenvalue weighted by atomic mass is 10.1. The summed E-state index contributed by atoms with van der Waals surface area (Å²) in [6, 6.07) is 13.8. The summed E-state index contributed by atoms with van der Waals surface area (Å²) in [4.78, 5) is 0. The van der Waals surface area contributed by atoms with Crippen molar-refractivity contribution in [3.8, 4) is 0 Å². The minimum atomic E-state index is -4.27. The van der Waals surface area contributed by atoms with Gasteiger partial charge in [0.15, 0.2) is 0 Å². The van der Waals surface area contributed by atoms with Crippen LogP contribution in [0.15, 0.2) is 48.5 Å². The Morgan fingerprint density at radius 1 is 0.676 bits per heavy atom. The summed E-state index contributed by atoms with van der Waals surface area (Å²) in [5.74, 6) is -7.87. The van der Waals surface area contributed by atoms with Crippen LogP contribution in [0.1, 0.15) is 37.8 Å². The Kier molecular flexibility index (Phi) is 12.3. The van der Waals surface area contributed by atoms with Crippen molar-refractivity contribution in [2.75, 3.05) is 13.2 Å². The van der Waals surface area contributed by atoms with Crippen LogP contribution in [0.3, 0.4) is 0 Å². The lowest BCUT2D eigenvalue weighted by Gasteiger charge is -2.31. The fraction of sp³-hybridized carbons (Fsp3) is 0.500. The molecule has 0 aliphatic heterocycles.